The fourth-order valence-corrected chi connectivity index (χ4v) is 3.56. The summed E-state index contributed by atoms with van der Waals surface area (Å²) in [5, 5.41) is 2.55. The van der Waals surface area contributed by atoms with E-state index < -0.39 is 0 Å². The van der Waals surface area contributed by atoms with Crippen molar-refractivity contribution >= 4 is 39.6 Å². The second kappa shape index (κ2) is 7.85. The molecule has 30 heavy (non-hydrogen) atoms. The highest BCUT2D eigenvalue weighted by Crippen LogP contribution is 2.40. The van der Waals surface area contributed by atoms with Gasteiger partial charge in [0.15, 0.2) is 11.5 Å². The van der Waals surface area contributed by atoms with Crippen LogP contribution in [-0.4, -0.2) is 58.9 Å². The molecule has 0 aromatic carbocycles. The molecule has 1 amide bonds. The Morgan fingerprint density at radius 1 is 1.27 bits per heavy atom. The maximum absolute atomic E-state index is 12.5. The number of amides is 1. The first-order chi connectivity index (χ1) is 14.5. The van der Waals surface area contributed by atoms with Gasteiger partial charge in [-0.05, 0) is 12.1 Å². The van der Waals surface area contributed by atoms with E-state index >= 15 is 0 Å². The molecule has 0 fully saturated rings. The van der Waals surface area contributed by atoms with Gasteiger partial charge in [-0.2, -0.15) is 0 Å². The maximum Gasteiger partial charge on any atom is 0.265 e. The third kappa shape index (κ3) is 3.21. The number of fused-ring (bicyclic) bond motifs is 2. The Hall–Kier alpha value is -3.30. The van der Waals surface area contributed by atoms with Gasteiger partial charge in [-0.25, -0.2) is 15.0 Å². The average Bonchev–Trinajstić information content (AvgIpc) is 3.35. The lowest BCUT2D eigenvalue weighted by molar-refractivity contribution is -0.169. The Morgan fingerprint density at radius 2 is 2.07 bits per heavy atom. The van der Waals surface area contributed by atoms with Gasteiger partial charge in [-0.1, -0.05) is 11.6 Å². The van der Waals surface area contributed by atoms with Gasteiger partial charge in [-0.15, -0.1) is 0 Å². The normalized spacial score (nSPS) is 11.2. The van der Waals surface area contributed by atoms with Crippen LogP contribution in [0.2, 0.25) is 5.02 Å². The van der Waals surface area contributed by atoms with Gasteiger partial charge in [0, 0.05) is 30.4 Å². The van der Waals surface area contributed by atoms with Crippen LogP contribution in [-0.2, 0) is 16.2 Å². The van der Waals surface area contributed by atoms with Crippen LogP contribution >= 0.6 is 11.6 Å². The minimum atomic E-state index is -0.243. The Balaban J connectivity index is 1.95. The quantitative estimate of drug-likeness (QED) is 0.473. The Kier molecular flexibility index (Phi) is 5.23. The van der Waals surface area contributed by atoms with Crippen molar-refractivity contribution in [2.45, 2.75) is 6.54 Å². The molecule has 9 nitrogen and oxygen atoms in total. The van der Waals surface area contributed by atoms with Gasteiger partial charge in [0.2, 0.25) is 0 Å². The SMILES string of the molecule is COc1cnc2c(-c3cc4c(Cl)ccnc4[nH]3)cn(CC(=O)N(C)OC)c2c1OC. The second-order valence-corrected chi connectivity index (χ2v) is 6.95. The number of aromatic amines is 1. The van der Waals surface area contributed by atoms with Crippen molar-refractivity contribution in [1.29, 1.82) is 0 Å². The topological polar surface area (TPSA) is 94.5 Å². The van der Waals surface area contributed by atoms with Gasteiger partial charge in [0.05, 0.1) is 38.2 Å². The number of likely N-dealkylation sites (N-methyl/N-ethyl adjacent to an activating group) is 1. The largest absolute Gasteiger partial charge is 0.491 e. The molecule has 4 heterocycles. The molecule has 10 heteroatoms. The molecule has 1 N–H and O–H groups in total. The van der Waals surface area contributed by atoms with Crippen LogP contribution in [0.4, 0.5) is 0 Å². The van der Waals surface area contributed by atoms with E-state index in [-0.39, 0.29) is 12.5 Å². The van der Waals surface area contributed by atoms with Crippen molar-refractivity contribution in [3.8, 4) is 22.8 Å². The molecule has 0 bridgehead atoms. The summed E-state index contributed by atoms with van der Waals surface area (Å²) in [6, 6.07) is 3.64. The number of nitrogens with zero attached hydrogens (tertiary/aromatic N) is 4. The minimum Gasteiger partial charge on any atom is -0.491 e. The van der Waals surface area contributed by atoms with Crippen LogP contribution in [0.1, 0.15) is 0 Å². The van der Waals surface area contributed by atoms with E-state index in [2.05, 4.69) is 15.0 Å². The first-order valence-electron chi connectivity index (χ1n) is 9.02. The zero-order valence-electron chi connectivity index (χ0n) is 16.9. The molecule has 0 unspecified atom stereocenters. The standard InChI is InChI=1S/C20H20ClN5O4/c1-25(30-4)16(27)10-26-9-12(14-7-11-13(21)5-6-22-20(11)24-14)17-18(26)19(29-3)15(28-2)8-23-17/h5-9H,10H2,1-4H3,(H,22,24). The van der Waals surface area contributed by atoms with Crippen LogP contribution in [0.25, 0.3) is 33.3 Å². The average molecular weight is 430 g/mol. The van der Waals surface area contributed by atoms with Crippen molar-refractivity contribution in [3.63, 3.8) is 0 Å². The summed E-state index contributed by atoms with van der Waals surface area (Å²) in [6.45, 7) is 0.0191. The highest BCUT2D eigenvalue weighted by molar-refractivity contribution is 6.35. The molecule has 0 atom stereocenters. The third-order valence-corrected chi connectivity index (χ3v) is 5.25. The molecule has 0 radical (unpaired) electrons. The van der Waals surface area contributed by atoms with E-state index in [1.807, 2.05) is 12.3 Å². The molecule has 0 aliphatic heterocycles. The molecule has 4 aromatic rings. The van der Waals surface area contributed by atoms with Crippen LogP contribution in [0.3, 0.4) is 0 Å². The van der Waals surface area contributed by atoms with E-state index in [0.29, 0.717) is 33.2 Å². The summed E-state index contributed by atoms with van der Waals surface area (Å²) in [6.07, 6.45) is 5.06. The molecule has 0 saturated heterocycles. The Morgan fingerprint density at radius 3 is 2.73 bits per heavy atom. The molecule has 0 aliphatic rings. The van der Waals surface area contributed by atoms with Gasteiger partial charge in [0.25, 0.3) is 5.91 Å². The number of halogens is 1. The van der Waals surface area contributed by atoms with Crippen molar-refractivity contribution in [2.75, 3.05) is 28.4 Å². The lowest BCUT2D eigenvalue weighted by Gasteiger charge is -2.15. The number of hydrogen-bond acceptors (Lipinski definition) is 6. The lowest BCUT2D eigenvalue weighted by atomic mass is 10.2. The molecule has 4 rings (SSSR count). The molecular formula is C20H20ClN5O4. The fraction of sp³-hybridized carbons (Fsp3) is 0.250. The molecular weight excluding hydrogens is 410 g/mol. The monoisotopic (exact) mass is 429 g/mol. The number of pyridine rings is 2. The Labute approximate surface area is 177 Å². The second-order valence-electron chi connectivity index (χ2n) is 6.54. The highest BCUT2D eigenvalue weighted by Gasteiger charge is 2.22. The van der Waals surface area contributed by atoms with Crippen LogP contribution < -0.4 is 9.47 Å². The van der Waals surface area contributed by atoms with Gasteiger partial charge in [0.1, 0.15) is 23.2 Å². The number of rotatable bonds is 6. The number of hydrogen-bond donors (Lipinski definition) is 1. The Bertz CT molecular complexity index is 1250. The molecule has 0 saturated carbocycles. The maximum atomic E-state index is 12.5. The van der Waals surface area contributed by atoms with Crippen molar-refractivity contribution < 1.29 is 19.1 Å². The zero-order valence-corrected chi connectivity index (χ0v) is 17.6. The number of methoxy groups -OCH3 is 2. The van der Waals surface area contributed by atoms with E-state index in [0.717, 1.165) is 21.7 Å². The van der Waals surface area contributed by atoms with Crippen LogP contribution in [0.5, 0.6) is 11.5 Å². The summed E-state index contributed by atoms with van der Waals surface area (Å²) < 4.78 is 12.8. The van der Waals surface area contributed by atoms with E-state index in [1.54, 1.807) is 37.2 Å². The van der Waals surface area contributed by atoms with E-state index in [4.69, 9.17) is 25.9 Å². The minimum absolute atomic E-state index is 0.0191. The van der Waals surface area contributed by atoms with E-state index in [1.165, 1.54) is 14.2 Å². The highest BCUT2D eigenvalue weighted by atomic mass is 35.5. The summed E-state index contributed by atoms with van der Waals surface area (Å²) >= 11 is 6.31. The summed E-state index contributed by atoms with van der Waals surface area (Å²) in [5.41, 5.74) is 3.47. The predicted octanol–water partition coefficient (Wildman–Crippen LogP) is 3.27. The number of ether oxygens (including phenoxy) is 2. The number of carbonyl (C=O) groups excluding carboxylic acids is 1. The van der Waals surface area contributed by atoms with Gasteiger partial charge >= 0.3 is 0 Å². The lowest BCUT2D eigenvalue weighted by Crippen LogP contribution is -2.29. The number of carbonyl (C=O) groups is 1. The summed E-state index contributed by atoms with van der Waals surface area (Å²) in [4.78, 5) is 29.7. The first kappa shape index (κ1) is 20.0. The van der Waals surface area contributed by atoms with Gasteiger partial charge in [-0.3, -0.25) is 9.63 Å². The van der Waals surface area contributed by atoms with Crippen molar-refractivity contribution in [3.05, 3.63) is 35.7 Å². The van der Waals surface area contributed by atoms with E-state index in [9.17, 15) is 4.79 Å². The smallest absolute Gasteiger partial charge is 0.265 e. The van der Waals surface area contributed by atoms with Crippen LogP contribution in [0, 0.1) is 0 Å². The number of H-pyrrole nitrogens is 1. The zero-order chi connectivity index (χ0) is 21.4. The molecule has 0 aliphatic carbocycles. The summed E-state index contributed by atoms with van der Waals surface area (Å²) in [7, 11) is 6.07. The molecule has 0 spiro atoms. The fourth-order valence-electron chi connectivity index (χ4n) is 3.36. The third-order valence-electron chi connectivity index (χ3n) is 4.92. The van der Waals surface area contributed by atoms with Gasteiger partial charge < -0.3 is 19.0 Å². The van der Waals surface area contributed by atoms with Crippen molar-refractivity contribution in [1.82, 2.24) is 24.6 Å². The van der Waals surface area contributed by atoms with Crippen molar-refractivity contribution in [2.24, 2.45) is 0 Å². The first-order valence-corrected chi connectivity index (χ1v) is 9.40. The predicted molar refractivity (Wildman–Crippen MR) is 113 cm³/mol. The summed E-state index contributed by atoms with van der Waals surface area (Å²) in [5.74, 6) is 0.700. The molecule has 4 aromatic heterocycles. The van der Waals surface area contributed by atoms with Crippen LogP contribution in [0.15, 0.2) is 30.7 Å². The number of aromatic nitrogens is 4. The number of hydroxylamine groups is 2. The number of nitrogens with one attached hydrogen (secondary N) is 1. The molecule has 156 valence electrons.